The number of ether oxygens (including phenoxy) is 1. The van der Waals surface area contributed by atoms with Gasteiger partial charge in [-0.2, -0.15) is 0 Å². The van der Waals surface area contributed by atoms with E-state index in [9.17, 15) is 4.79 Å². The van der Waals surface area contributed by atoms with Gasteiger partial charge in [-0.1, -0.05) is 17.7 Å². The van der Waals surface area contributed by atoms with Gasteiger partial charge in [0, 0.05) is 19.7 Å². The number of halogens is 1. The highest BCUT2D eigenvalue weighted by Crippen LogP contribution is 2.11. The molecule has 1 aromatic rings. The molecular weight excluding hydrogens is 240 g/mol. The van der Waals surface area contributed by atoms with E-state index in [-0.39, 0.29) is 12.0 Å². The van der Waals surface area contributed by atoms with Gasteiger partial charge in [0.1, 0.15) is 10.8 Å². The summed E-state index contributed by atoms with van der Waals surface area (Å²) in [5, 5.41) is 0.343. The van der Waals surface area contributed by atoms with Crippen LogP contribution in [0.4, 0.5) is 0 Å². The van der Waals surface area contributed by atoms with Gasteiger partial charge < -0.3 is 9.64 Å². The first-order valence-electron chi connectivity index (χ1n) is 5.70. The third-order valence-electron chi connectivity index (χ3n) is 2.67. The minimum absolute atomic E-state index is 0.0700. The van der Waals surface area contributed by atoms with Gasteiger partial charge in [0.2, 0.25) is 0 Å². The summed E-state index contributed by atoms with van der Waals surface area (Å²) in [5.74, 6) is -0.0788. The first-order valence-corrected chi connectivity index (χ1v) is 6.08. The van der Waals surface area contributed by atoms with Crippen molar-refractivity contribution in [1.82, 2.24) is 9.88 Å². The number of carbonyl (C=O) groups is 1. The molecule has 1 amide bonds. The lowest BCUT2D eigenvalue weighted by Gasteiger charge is -2.21. The van der Waals surface area contributed by atoms with E-state index in [1.54, 1.807) is 23.1 Å². The molecule has 0 aliphatic carbocycles. The molecule has 1 aromatic heterocycles. The van der Waals surface area contributed by atoms with Crippen molar-refractivity contribution in [2.45, 2.75) is 19.4 Å². The van der Waals surface area contributed by atoms with Crippen LogP contribution in [0.2, 0.25) is 5.15 Å². The van der Waals surface area contributed by atoms with Gasteiger partial charge in [-0.25, -0.2) is 4.98 Å². The molecule has 1 atom stereocenters. The van der Waals surface area contributed by atoms with Gasteiger partial charge in [0.25, 0.3) is 5.91 Å². The molecule has 0 aromatic carbocycles. The molecule has 1 saturated heterocycles. The minimum Gasteiger partial charge on any atom is -0.377 e. The predicted molar refractivity (Wildman–Crippen MR) is 65.2 cm³/mol. The van der Waals surface area contributed by atoms with Crippen molar-refractivity contribution in [1.29, 1.82) is 0 Å². The molecule has 92 valence electrons. The third kappa shape index (κ3) is 3.17. The van der Waals surface area contributed by atoms with E-state index in [1.165, 1.54) is 0 Å². The van der Waals surface area contributed by atoms with E-state index in [0.717, 1.165) is 6.42 Å². The van der Waals surface area contributed by atoms with Gasteiger partial charge in [-0.15, -0.1) is 0 Å². The molecular formula is C12H15ClN2O2. The van der Waals surface area contributed by atoms with Gasteiger partial charge in [-0.05, 0) is 25.5 Å². The van der Waals surface area contributed by atoms with E-state index in [0.29, 0.717) is 30.5 Å². The normalized spacial score (nSPS) is 21.1. The topological polar surface area (TPSA) is 42.4 Å². The predicted octanol–water partition coefficient (Wildman–Crippen LogP) is 1.99. The molecule has 2 heterocycles. The number of nitrogens with zero attached hydrogens (tertiary/aromatic N) is 2. The zero-order chi connectivity index (χ0) is 12.3. The maximum absolute atomic E-state index is 12.2. The Morgan fingerprint density at radius 1 is 1.59 bits per heavy atom. The fourth-order valence-electron chi connectivity index (χ4n) is 1.87. The third-order valence-corrected chi connectivity index (χ3v) is 2.88. The first-order chi connectivity index (χ1) is 8.16. The van der Waals surface area contributed by atoms with Gasteiger partial charge in [0.15, 0.2) is 0 Å². The molecule has 1 aliphatic heterocycles. The van der Waals surface area contributed by atoms with E-state index in [2.05, 4.69) is 4.98 Å². The molecule has 5 heteroatoms. The molecule has 4 nitrogen and oxygen atoms in total. The summed E-state index contributed by atoms with van der Waals surface area (Å²) in [4.78, 5) is 18.0. The fraction of sp³-hybridized carbons (Fsp3) is 0.500. The maximum Gasteiger partial charge on any atom is 0.272 e. The van der Waals surface area contributed by atoms with Crippen molar-refractivity contribution >= 4 is 17.5 Å². The van der Waals surface area contributed by atoms with Gasteiger partial charge >= 0.3 is 0 Å². The second kappa shape index (κ2) is 5.47. The Labute approximate surface area is 106 Å². The van der Waals surface area contributed by atoms with Crippen molar-refractivity contribution in [2.24, 2.45) is 0 Å². The zero-order valence-corrected chi connectivity index (χ0v) is 10.5. The largest absolute Gasteiger partial charge is 0.377 e. The summed E-state index contributed by atoms with van der Waals surface area (Å²) in [5.41, 5.74) is 0.395. The SMILES string of the molecule is CC1CN(C(=O)c2cccc(Cl)n2)CCCO1. The maximum atomic E-state index is 12.2. The Kier molecular flexibility index (Phi) is 3.97. The number of pyridine rings is 1. The molecule has 1 aliphatic rings. The van der Waals surface area contributed by atoms with Crippen LogP contribution < -0.4 is 0 Å². The van der Waals surface area contributed by atoms with Crippen molar-refractivity contribution < 1.29 is 9.53 Å². The standard InChI is InChI=1S/C12H15ClN2O2/c1-9-8-15(6-3-7-17-9)12(16)10-4-2-5-11(13)14-10/h2,4-5,9H,3,6-8H2,1H3. The van der Waals surface area contributed by atoms with Crippen LogP contribution in [0, 0.1) is 0 Å². The number of rotatable bonds is 1. The van der Waals surface area contributed by atoms with Crippen molar-refractivity contribution in [2.75, 3.05) is 19.7 Å². The smallest absolute Gasteiger partial charge is 0.272 e. The van der Waals surface area contributed by atoms with Crippen molar-refractivity contribution in [3.63, 3.8) is 0 Å². The van der Waals surface area contributed by atoms with E-state index in [4.69, 9.17) is 16.3 Å². The second-order valence-electron chi connectivity index (χ2n) is 4.13. The average molecular weight is 255 g/mol. The molecule has 2 rings (SSSR count). The van der Waals surface area contributed by atoms with Crippen LogP contribution >= 0.6 is 11.6 Å². The Morgan fingerprint density at radius 2 is 2.41 bits per heavy atom. The summed E-state index contributed by atoms with van der Waals surface area (Å²) in [6.45, 7) is 3.98. The van der Waals surface area contributed by atoms with Crippen LogP contribution in [0.25, 0.3) is 0 Å². The fourth-order valence-corrected chi connectivity index (χ4v) is 2.03. The lowest BCUT2D eigenvalue weighted by Crippen LogP contribution is -2.36. The Hall–Kier alpha value is -1.13. The number of aromatic nitrogens is 1. The number of amides is 1. The highest BCUT2D eigenvalue weighted by Gasteiger charge is 2.21. The summed E-state index contributed by atoms with van der Waals surface area (Å²) >= 11 is 5.78. The van der Waals surface area contributed by atoms with Crippen molar-refractivity contribution in [3.8, 4) is 0 Å². The van der Waals surface area contributed by atoms with Crippen molar-refractivity contribution in [3.05, 3.63) is 29.0 Å². The summed E-state index contributed by atoms with van der Waals surface area (Å²) in [6.07, 6.45) is 0.928. The molecule has 0 radical (unpaired) electrons. The Bertz CT molecular complexity index is 411. The van der Waals surface area contributed by atoms with E-state index < -0.39 is 0 Å². The van der Waals surface area contributed by atoms with Gasteiger partial charge in [0.05, 0.1) is 6.10 Å². The Morgan fingerprint density at radius 3 is 3.18 bits per heavy atom. The van der Waals surface area contributed by atoms with Crippen LogP contribution in [0.5, 0.6) is 0 Å². The zero-order valence-electron chi connectivity index (χ0n) is 9.73. The molecule has 0 bridgehead atoms. The molecule has 0 saturated carbocycles. The molecule has 17 heavy (non-hydrogen) atoms. The van der Waals surface area contributed by atoms with Crippen LogP contribution in [0.3, 0.4) is 0 Å². The van der Waals surface area contributed by atoms with Crippen LogP contribution in [0.15, 0.2) is 18.2 Å². The van der Waals surface area contributed by atoms with E-state index >= 15 is 0 Å². The highest BCUT2D eigenvalue weighted by atomic mass is 35.5. The highest BCUT2D eigenvalue weighted by molar-refractivity contribution is 6.29. The number of hydrogen-bond acceptors (Lipinski definition) is 3. The lowest BCUT2D eigenvalue weighted by molar-refractivity contribution is 0.0559. The lowest BCUT2D eigenvalue weighted by atomic mass is 10.2. The summed E-state index contributed by atoms with van der Waals surface area (Å²) in [7, 11) is 0. The Balaban J connectivity index is 2.13. The summed E-state index contributed by atoms with van der Waals surface area (Å²) in [6, 6.07) is 5.08. The first kappa shape index (κ1) is 12.3. The molecule has 1 unspecified atom stereocenters. The van der Waals surface area contributed by atoms with Crippen LogP contribution in [-0.2, 0) is 4.74 Å². The monoisotopic (exact) mass is 254 g/mol. The molecule has 1 fully saturated rings. The quantitative estimate of drug-likeness (QED) is 0.720. The second-order valence-corrected chi connectivity index (χ2v) is 4.52. The molecule has 0 N–H and O–H groups in total. The van der Waals surface area contributed by atoms with Crippen LogP contribution in [0.1, 0.15) is 23.8 Å². The average Bonchev–Trinajstić information content (AvgIpc) is 2.53. The minimum atomic E-state index is -0.0788. The summed E-state index contributed by atoms with van der Waals surface area (Å²) < 4.78 is 5.50. The number of carbonyl (C=O) groups excluding carboxylic acids is 1. The van der Waals surface area contributed by atoms with Crippen LogP contribution in [-0.4, -0.2) is 41.6 Å². The van der Waals surface area contributed by atoms with Gasteiger partial charge in [-0.3, -0.25) is 4.79 Å². The number of hydrogen-bond donors (Lipinski definition) is 0. The van der Waals surface area contributed by atoms with E-state index in [1.807, 2.05) is 6.92 Å². The molecule has 0 spiro atoms.